The molecule has 3 rings (SSSR count). The van der Waals surface area contributed by atoms with Crippen molar-refractivity contribution in [2.75, 3.05) is 30.4 Å². The topological polar surface area (TPSA) is 93.9 Å². The van der Waals surface area contributed by atoms with Gasteiger partial charge in [-0.15, -0.1) is 0 Å². The Balaban J connectivity index is 1.85. The van der Waals surface area contributed by atoms with Gasteiger partial charge in [0, 0.05) is 24.7 Å². The molecule has 2 atom stereocenters. The standard InChI is InChI=1S/C20H23N3O5/c1-13-11-22(12-14(2)28-13)17-7-5-4-6-16(17)21-20(24)15-8-9-19(27-3)18(10-15)23(25)26/h4-10,13-14H,11-12H2,1-3H3,(H,21,24)/t13-,14+. The van der Waals surface area contributed by atoms with E-state index in [1.807, 2.05) is 38.1 Å². The maximum atomic E-state index is 12.7. The number of morpholine rings is 1. The van der Waals surface area contributed by atoms with E-state index in [0.29, 0.717) is 18.8 Å². The Morgan fingerprint density at radius 2 is 1.89 bits per heavy atom. The molecule has 0 radical (unpaired) electrons. The third kappa shape index (κ3) is 4.23. The molecular formula is C20H23N3O5. The van der Waals surface area contributed by atoms with Gasteiger partial charge >= 0.3 is 5.69 Å². The minimum absolute atomic E-state index is 0.0803. The molecule has 2 aromatic rings. The lowest BCUT2D eigenvalue weighted by Crippen LogP contribution is -2.45. The molecule has 8 heteroatoms. The first-order valence-corrected chi connectivity index (χ1v) is 9.02. The van der Waals surface area contributed by atoms with E-state index in [4.69, 9.17) is 9.47 Å². The summed E-state index contributed by atoms with van der Waals surface area (Å²) in [7, 11) is 1.35. The lowest BCUT2D eigenvalue weighted by molar-refractivity contribution is -0.385. The highest BCUT2D eigenvalue weighted by molar-refractivity contribution is 6.06. The van der Waals surface area contributed by atoms with Crippen LogP contribution >= 0.6 is 0 Å². The first-order chi connectivity index (χ1) is 13.4. The number of hydrogen-bond acceptors (Lipinski definition) is 6. The van der Waals surface area contributed by atoms with Gasteiger partial charge in [-0.25, -0.2) is 0 Å². The number of nitrogens with one attached hydrogen (secondary N) is 1. The predicted octanol–water partition coefficient (Wildman–Crippen LogP) is 3.47. The fourth-order valence-electron chi connectivity index (χ4n) is 3.40. The number of nitrogens with zero attached hydrogens (tertiary/aromatic N) is 2. The lowest BCUT2D eigenvalue weighted by atomic mass is 10.1. The smallest absolute Gasteiger partial charge is 0.311 e. The zero-order valence-corrected chi connectivity index (χ0v) is 16.0. The molecule has 0 saturated carbocycles. The summed E-state index contributed by atoms with van der Waals surface area (Å²) in [5.74, 6) is -0.314. The van der Waals surface area contributed by atoms with Crippen LogP contribution in [0.2, 0.25) is 0 Å². The minimum Gasteiger partial charge on any atom is -0.490 e. The molecule has 0 unspecified atom stereocenters. The molecule has 1 heterocycles. The molecule has 0 spiro atoms. The maximum Gasteiger partial charge on any atom is 0.311 e. The zero-order chi connectivity index (χ0) is 20.3. The summed E-state index contributed by atoms with van der Waals surface area (Å²) < 4.78 is 10.8. The van der Waals surface area contributed by atoms with Crippen molar-refractivity contribution in [3.05, 3.63) is 58.1 Å². The number of nitro groups is 1. The van der Waals surface area contributed by atoms with Crippen molar-refractivity contribution >= 4 is 23.0 Å². The number of nitro benzene ring substituents is 1. The number of rotatable bonds is 5. The van der Waals surface area contributed by atoms with E-state index in [0.717, 1.165) is 5.69 Å². The first kappa shape index (κ1) is 19.6. The second kappa shape index (κ2) is 8.26. The first-order valence-electron chi connectivity index (χ1n) is 9.02. The molecular weight excluding hydrogens is 362 g/mol. The third-order valence-corrected chi connectivity index (χ3v) is 4.55. The van der Waals surface area contributed by atoms with Crippen molar-refractivity contribution < 1.29 is 19.2 Å². The quantitative estimate of drug-likeness (QED) is 0.626. The van der Waals surface area contributed by atoms with Gasteiger partial charge in [0.25, 0.3) is 5.91 Å². The Morgan fingerprint density at radius 1 is 1.21 bits per heavy atom. The normalized spacial score (nSPS) is 19.2. The minimum atomic E-state index is -0.569. The number of benzene rings is 2. The molecule has 28 heavy (non-hydrogen) atoms. The van der Waals surface area contributed by atoms with E-state index in [9.17, 15) is 14.9 Å². The summed E-state index contributed by atoms with van der Waals surface area (Å²) in [6.45, 7) is 5.46. The van der Waals surface area contributed by atoms with Gasteiger partial charge in [-0.05, 0) is 38.1 Å². The summed E-state index contributed by atoms with van der Waals surface area (Å²) in [5, 5.41) is 14.1. The van der Waals surface area contributed by atoms with Gasteiger partial charge in [-0.1, -0.05) is 12.1 Å². The van der Waals surface area contributed by atoms with Crippen molar-refractivity contribution in [3.8, 4) is 5.75 Å². The summed E-state index contributed by atoms with van der Waals surface area (Å²) in [6, 6.07) is 11.6. The van der Waals surface area contributed by atoms with E-state index in [-0.39, 0.29) is 29.2 Å². The molecule has 0 aliphatic carbocycles. The second-order valence-corrected chi connectivity index (χ2v) is 6.78. The van der Waals surface area contributed by atoms with E-state index < -0.39 is 10.8 Å². The number of anilines is 2. The van der Waals surface area contributed by atoms with Crippen LogP contribution in [0, 0.1) is 10.1 Å². The fraction of sp³-hybridized carbons (Fsp3) is 0.350. The van der Waals surface area contributed by atoms with E-state index in [1.54, 1.807) is 0 Å². The highest BCUT2D eigenvalue weighted by Gasteiger charge is 2.25. The van der Waals surface area contributed by atoms with Crippen LogP contribution in [0.15, 0.2) is 42.5 Å². The Kier molecular flexibility index (Phi) is 5.79. The number of hydrogen-bond donors (Lipinski definition) is 1. The van der Waals surface area contributed by atoms with Crippen molar-refractivity contribution in [3.63, 3.8) is 0 Å². The number of para-hydroxylation sites is 2. The monoisotopic (exact) mass is 385 g/mol. The predicted molar refractivity (Wildman–Crippen MR) is 106 cm³/mol. The Bertz CT molecular complexity index is 876. The number of carbonyl (C=O) groups is 1. The van der Waals surface area contributed by atoms with Crippen LogP contribution < -0.4 is 15.0 Å². The van der Waals surface area contributed by atoms with Crippen LogP contribution in [0.5, 0.6) is 5.75 Å². The molecule has 0 aromatic heterocycles. The van der Waals surface area contributed by atoms with Gasteiger partial charge in [-0.3, -0.25) is 14.9 Å². The van der Waals surface area contributed by atoms with Gasteiger partial charge in [0.05, 0.1) is 35.6 Å². The molecule has 1 aliphatic heterocycles. The lowest BCUT2D eigenvalue weighted by Gasteiger charge is -2.37. The summed E-state index contributed by atoms with van der Waals surface area (Å²) in [4.78, 5) is 25.5. The summed E-state index contributed by atoms with van der Waals surface area (Å²) >= 11 is 0. The van der Waals surface area contributed by atoms with E-state index >= 15 is 0 Å². The van der Waals surface area contributed by atoms with Crippen LogP contribution in [-0.2, 0) is 4.74 Å². The molecule has 148 valence electrons. The average molecular weight is 385 g/mol. The van der Waals surface area contributed by atoms with Crippen molar-refractivity contribution in [1.29, 1.82) is 0 Å². The Labute approximate surface area is 163 Å². The summed E-state index contributed by atoms with van der Waals surface area (Å²) in [6.07, 6.45) is 0.161. The van der Waals surface area contributed by atoms with Crippen LogP contribution in [-0.4, -0.2) is 43.2 Å². The molecule has 1 fully saturated rings. The molecule has 0 bridgehead atoms. The summed E-state index contributed by atoms with van der Waals surface area (Å²) in [5.41, 5.74) is 1.47. The SMILES string of the molecule is COc1ccc(C(=O)Nc2ccccc2N2C[C@@H](C)O[C@@H](C)C2)cc1[N+](=O)[O-]. The number of carbonyl (C=O) groups excluding carboxylic acids is 1. The Hall–Kier alpha value is -3.13. The fourth-order valence-corrected chi connectivity index (χ4v) is 3.40. The van der Waals surface area contributed by atoms with Crippen LogP contribution in [0.25, 0.3) is 0 Å². The molecule has 2 aromatic carbocycles. The number of ether oxygens (including phenoxy) is 2. The van der Waals surface area contributed by atoms with Crippen LogP contribution in [0.3, 0.4) is 0 Å². The van der Waals surface area contributed by atoms with Gasteiger partial charge in [0.1, 0.15) is 0 Å². The zero-order valence-electron chi connectivity index (χ0n) is 16.0. The Morgan fingerprint density at radius 3 is 2.54 bits per heavy atom. The largest absolute Gasteiger partial charge is 0.490 e. The molecule has 1 N–H and O–H groups in total. The van der Waals surface area contributed by atoms with E-state index in [1.165, 1.54) is 25.3 Å². The highest BCUT2D eigenvalue weighted by atomic mass is 16.6. The highest BCUT2D eigenvalue weighted by Crippen LogP contribution is 2.31. The molecule has 8 nitrogen and oxygen atoms in total. The second-order valence-electron chi connectivity index (χ2n) is 6.78. The van der Waals surface area contributed by atoms with Gasteiger partial charge in [0.15, 0.2) is 5.75 Å². The van der Waals surface area contributed by atoms with Crippen LogP contribution in [0.4, 0.5) is 17.1 Å². The molecule has 1 amide bonds. The van der Waals surface area contributed by atoms with E-state index in [2.05, 4.69) is 10.2 Å². The number of amides is 1. The van der Waals surface area contributed by atoms with Crippen LogP contribution in [0.1, 0.15) is 24.2 Å². The van der Waals surface area contributed by atoms with Gasteiger partial charge in [0.2, 0.25) is 0 Å². The molecule has 1 aliphatic rings. The van der Waals surface area contributed by atoms with Crippen molar-refractivity contribution in [1.82, 2.24) is 0 Å². The van der Waals surface area contributed by atoms with Crippen molar-refractivity contribution in [2.45, 2.75) is 26.1 Å². The molecule has 1 saturated heterocycles. The average Bonchev–Trinajstić information content (AvgIpc) is 2.67. The van der Waals surface area contributed by atoms with Crippen molar-refractivity contribution in [2.24, 2.45) is 0 Å². The number of methoxy groups -OCH3 is 1. The van der Waals surface area contributed by atoms with Gasteiger partial charge in [-0.2, -0.15) is 0 Å². The van der Waals surface area contributed by atoms with Gasteiger partial charge < -0.3 is 19.7 Å². The maximum absolute atomic E-state index is 12.7. The third-order valence-electron chi connectivity index (χ3n) is 4.55.